The summed E-state index contributed by atoms with van der Waals surface area (Å²) in [6.07, 6.45) is 2.12. The van der Waals surface area contributed by atoms with Crippen LogP contribution in [0.25, 0.3) is 21.9 Å². The van der Waals surface area contributed by atoms with Crippen molar-refractivity contribution in [1.29, 1.82) is 0 Å². The molecular weight excluding hydrogens is 424 g/mol. The number of halogens is 1. The highest BCUT2D eigenvalue weighted by molar-refractivity contribution is 5.97. The van der Waals surface area contributed by atoms with Crippen LogP contribution in [0.15, 0.2) is 72.9 Å². The van der Waals surface area contributed by atoms with Crippen LogP contribution < -0.4 is 36.7 Å². The van der Waals surface area contributed by atoms with Crippen LogP contribution in [0.2, 0.25) is 0 Å². The van der Waals surface area contributed by atoms with Gasteiger partial charge in [-0.05, 0) is 41.5 Å². The summed E-state index contributed by atoms with van der Waals surface area (Å²) in [6.45, 7) is 2.77. The molecule has 6 heteroatoms. The van der Waals surface area contributed by atoms with E-state index in [1.54, 1.807) is 21.3 Å². The highest BCUT2D eigenvalue weighted by Crippen LogP contribution is 2.32. The van der Waals surface area contributed by atoms with Gasteiger partial charge in [-0.25, -0.2) is 0 Å². The molecule has 0 spiro atoms. The van der Waals surface area contributed by atoms with Crippen molar-refractivity contribution in [2.24, 2.45) is 0 Å². The minimum atomic E-state index is 0. The molecule has 3 aromatic carbocycles. The smallest absolute Gasteiger partial charge is 0.217 e. The molecular formula is C26H27ClN2O3. The van der Waals surface area contributed by atoms with Crippen molar-refractivity contribution in [2.75, 3.05) is 26.8 Å². The van der Waals surface area contributed by atoms with Crippen LogP contribution in [0.5, 0.6) is 17.2 Å². The summed E-state index contributed by atoms with van der Waals surface area (Å²) in [5.74, 6) is 2.29. The Hall–Kier alpha value is -3.44. The van der Waals surface area contributed by atoms with E-state index in [0.29, 0.717) is 6.54 Å². The molecule has 0 aliphatic rings. The summed E-state index contributed by atoms with van der Waals surface area (Å²) in [4.78, 5) is 0. The van der Waals surface area contributed by atoms with Gasteiger partial charge in [-0.15, -0.1) is 0 Å². The van der Waals surface area contributed by atoms with Gasteiger partial charge >= 0.3 is 0 Å². The van der Waals surface area contributed by atoms with E-state index in [4.69, 9.17) is 14.2 Å². The van der Waals surface area contributed by atoms with E-state index in [1.165, 1.54) is 11.1 Å². The Kier molecular flexibility index (Phi) is 7.44. The van der Waals surface area contributed by atoms with Gasteiger partial charge in [-0.3, -0.25) is 0 Å². The van der Waals surface area contributed by atoms with Gasteiger partial charge < -0.3 is 26.6 Å². The lowest BCUT2D eigenvalue weighted by Gasteiger charge is -2.13. The Morgan fingerprint density at radius 2 is 1.56 bits per heavy atom. The van der Waals surface area contributed by atoms with Crippen molar-refractivity contribution in [3.63, 3.8) is 0 Å². The number of rotatable bonds is 7. The largest absolute Gasteiger partial charge is 1.00 e. The van der Waals surface area contributed by atoms with Crippen LogP contribution >= 0.6 is 0 Å². The average molecular weight is 451 g/mol. The van der Waals surface area contributed by atoms with Crippen LogP contribution in [-0.4, -0.2) is 21.3 Å². The number of hydrogen-bond acceptors (Lipinski definition) is 4. The molecule has 0 saturated carbocycles. The molecule has 5 nitrogen and oxygen atoms in total. The summed E-state index contributed by atoms with van der Waals surface area (Å²) in [7, 11) is 4.99. The molecule has 1 N–H and O–H groups in total. The highest BCUT2D eigenvalue weighted by Gasteiger charge is 2.19. The predicted octanol–water partition coefficient (Wildman–Crippen LogP) is 1.88. The van der Waals surface area contributed by atoms with Crippen molar-refractivity contribution < 1.29 is 31.3 Å². The van der Waals surface area contributed by atoms with Crippen LogP contribution in [-0.2, 0) is 6.54 Å². The minimum absolute atomic E-state index is 0. The lowest BCUT2D eigenvalue weighted by molar-refractivity contribution is -0.656. The Morgan fingerprint density at radius 1 is 0.812 bits per heavy atom. The SMILES string of the molecule is COc1ccc2c[n+](NCc3ccc(OC)c(OC)c3)c(C)c(-c3ccccc3)c2c1.[Cl-]. The summed E-state index contributed by atoms with van der Waals surface area (Å²) >= 11 is 0. The number of aromatic nitrogens is 1. The number of fused-ring (bicyclic) bond motifs is 1. The summed E-state index contributed by atoms with van der Waals surface area (Å²) < 4.78 is 18.4. The third-order valence-electron chi connectivity index (χ3n) is 5.49. The highest BCUT2D eigenvalue weighted by atomic mass is 35.5. The van der Waals surface area contributed by atoms with Crippen molar-refractivity contribution in [2.45, 2.75) is 13.5 Å². The van der Waals surface area contributed by atoms with Crippen LogP contribution in [0.1, 0.15) is 11.3 Å². The second-order valence-corrected chi connectivity index (χ2v) is 7.30. The standard InChI is InChI=1S/C26H27N2O3.ClH/c1-18-26(20-8-6-5-7-9-20)23-15-22(29-2)12-11-21(23)17-28(18)27-16-19-10-13-24(30-3)25(14-19)31-4;/h5-15,17,27H,16H2,1-4H3;1H/q+1;/p-1. The quantitative estimate of drug-likeness (QED) is 0.437. The fraction of sp³-hybridized carbons (Fsp3) is 0.192. The van der Waals surface area contributed by atoms with Crippen molar-refractivity contribution >= 4 is 10.8 Å². The minimum Gasteiger partial charge on any atom is -1.00 e. The average Bonchev–Trinajstić information content (AvgIpc) is 2.82. The molecule has 0 fully saturated rings. The summed E-state index contributed by atoms with van der Waals surface area (Å²) in [5, 5.41) is 2.29. The Balaban J connectivity index is 0.00000289. The zero-order valence-electron chi connectivity index (χ0n) is 18.7. The van der Waals surface area contributed by atoms with Gasteiger partial charge in [0.2, 0.25) is 11.9 Å². The molecule has 0 unspecified atom stereocenters. The number of benzene rings is 3. The first-order chi connectivity index (χ1) is 15.1. The zero-order valence-corrected chi connectivity index (χ0v) is 19.4. The first-order valence-corrected chi connectivity index (χ1v) is 10.2. The topological polar surface area (TPSA) is 43.6 Å². The molecule has 0 bridgehead atoms. The fourth-order valence-corrected chi connectivity index (χ4v) is 3.84. The van der Waals surface area contributed by atoms with Gasteiger partial charge in [0.15, 0.2) is 11.5 Å². The van der Waals surface area contributed by atoms with Gasteiger partial charge in [0, 0.05) is 17.7 Å². The monoisotopic (exact) mass is 450 g/mol. The molecule has 0 aliphatic carbocycles. The number of ether oxygens (including phenoxy) is 3. The van der Waals surface area contributed by atoms with Crippen LogP contribution in [0.4, 0.5) is 0 Å². The molecule has 0 radical (unpaired) electrons. The molecule has 0 saturated heterocycles. The lowest BCUT2D eigenvalue weighted by Crippen LogP contribution is -3.00. The van der Waals surface area contributed by atoms with E-state index in [9.17, 15) is 0 Å². The Morgan fingerprint density at radius 3 is 2.25 bits per heavy atom. The first kappa shape index (κ1) is 23.2. The number of nitrogens with one attached hydrogen (secondary N) is 1. The Bertz CT molecular complexity index is 1210. The lowest BCUT2D eigenvalue weighted by atomic mass is 9.97. The predicted molar refractivity (Wildman–Crippen MR) is 123 cm³/mol. The number of pyridine rings is 1. The number of nitrogens with zero attached hydrogens (tertiary/aromatic N) is 1. The van der Waals surface area contributed by atoms with E-state index in [-0.39, 0.29) is 12.4 Å². The third kappa shape index (κ3) is 4.58. The first-order valence-electron chi connectivity index (χ1n) is 10.2. The van der Waals surface area contributed by atoms with E-state index < -0.39 is 0 Å². The fourth-order valence-electron chi connectivity index (χ4n) is 3.84. The molecule has 4 rings (SSSR count). The van der Waals surface area contributed by atoms with E-state index >= 15 is 0 Å². The van der Waals surface area contributed by atoms with Gasteiger partial charge in [0.05, 0.1) is 33.4 Å². The second-order valence-electron chi connectivity index (χ2n) is 7.30. The molecule has 1 aromatic heterocycles. The maximum Gasteiger partial charge on any atom is 0.217 e. The van der Waals surface area contributed by atoms with Crippen molar-refractivity contribution in [1.82, 2.24) is 0 Å². The molecule has 32 heavy (non-hydrogen) atoms. The summed E-state index contributed by atoms with van der Waals surface area (Å²) in [5.41, 5.74) is 8.10. The van der Waals surface area contributed by atoms with Crippen molar-refractivity contribution in [3.05, 3.63) is 84.2 Å². The normalized spacial score (nSPS) is 10.4. The van der Waals surface area contributed by atoms with Gasteiger partial charge in [0.25, 0.3) is 0 Å². The number of methoxy groups -OCH3 is 3. The molecule has 0 amide bonds. The molecule has 1 heterocycles. The molecule has 0 aliphatic heterocycles. The summed E-state index contributed by atoms with van der Waals surface area (Å²) in [6, 6.07) is 22.6. The molecule has 166 valence electrons. The second kappa shape index (κ2) is 10.2. The van der Waals surface area contributed by atoms with Gasteiger partial charge in [0.1, 0.15) is 5.75 Å². The van der Waals surface area contributed by atoms with E-state index in [0.717, 1.165) is 39.3 Å². The number of hydrogen-bond donors (Lipinski definition) is 1. The van der Waals surface area contributed by atoms with Crippen LogP contribution in [0, 0.1) is 6.92 Å². The molecule has 4 aromatic rings. The maximum atomic E-state index is 5.48. The van der Waals surface area contributed by atoms with Gasteiger partial charge in [-0.2, -0.15) is 5.43 Å². The molecule has 0 atom stereocenters. The van der Waals surface area contributed by atoms with Crippen LogP contribution in [0.3, 0.4) is 0 Å². The van der Waals surface area contributed by atoms with E-state index in [2.05, 4.69) is 59.6 Å². The zero-order chi connectivity index (χ0) is 21.8. The van der Waals surface area contributed by atoms with E-state index in [1.807, 2.05) is 30.3 Å². The van der Waals surface area contributed by atoms with Crippen molar-refractivity contribution in [3.8, 4) is 28.4 Å². The third-order valence-corrected chi connectivity index (χ3v) is 5.49. The Labute approximate surface area is 194 Å². The maximum absolute atomic E-state index is 5.48. The van der Waals surface area contributed by atoms with Gasteiger partial charge in [-0.1, -0.05) is 41.1 Å².